The molecule has 0 saturated carbocycles. The Morgan fingerprint density at radius 2 is 0.532 bits per heavy atom. The minimum atomic E-state index is -0.825. The van der Waals surface area contributed by atoms with Gasteiger partial charge in [0.15, 0.2) is 6.10 Å². The molecular formula is C71H118O6. The summed E-state index contributed by atoms with van der Waals surface area (Å²) in [7, 11) is 0. The van der Waals surface area contributed by atoms with Gasteiger partial charge in [-0.1, -0.05) is 296 Å². The van der Waals surface area contributed by atoms with Crippen molar-refractivity contribution in [3.63, 3.8) is 0 Å². The maximum absolute atomic E-state index is 12.9. The van der Waals surface area contributed by atoms with Crippen molar-refractivity contribution >= 4 is 17.9 Å². The Kier molecular flexibility index (Phi) is 60.8. The van der Waals surface area contributed by atoms with E-state index in [1.165, 1.54) is 135 Å². The SMILES string of the molecule is CC/C=C\C/C=C\C/C=C\C/C=C\C/C=C\C/C=C\CCC(=O)OC(COC(=O)CCCCCCCCCC/C=C\C/C=C\C/C=C\C/C=C\CC)COC(=O)CCCCCCCCCCCCCCCCCCCCC. The van der Waals surface area contributed by atoms with Gasteiger partial charge in [-0.15, -0.1) is 0 Å². The Labute approximate surface area is 475 Å². The molecule has 0 spiro atoms. The molecule has 0 saturated heterocycles. The molecule has 0 N–H and O–H groups in total. The number of hydrogen-bond donors (Lipinski definition) is 0. The molecule has 0 aromatic carbocycles. The fourth-order valence-corrected chi connectivity index (χ4v) is 8.76. The Hall–Kier alpha value is -4.19. The average Bonchev–Trinajstić information content (AvgIpc) is 3.43. The highest BCUT2D eigenvalue weighted by Crippen LogP contribution is 2.16. The highest BCUT2D eigenvalue weighted by Gasteiger charge is 2.19. The largest absolute Gasteiger partial charge is 0.462 e. The molecule has 6 nitrogen and oxygen atoms in total. The fourth-order valence-electron chi connectivity index (χ4n) is 8.76. The lowest BCUT2D eigenvalue weighted by Crippen LogP contribution is -2.30. The summed E-state index contributed by atoms with van der Waals surface area (Å²) in [5, 5.41) is 0. The van der Waals surface area contributed by atoms with E-state index in [4.69, 9.17) is 14.2 Å². The van der Waals surface area contributed by atoms with E-state index in [0.717, 1.165) is 109 Å². The second-order valence-electron chi connectivity index (χ2n) is 20.9. The van der Waals surface area contributed by atoms with Crippen molar-refractivity contribution in [3.8, 4) is 0 Å². The second-order valence-corrected chi connectivity index (χ2v) is 20.9. The number of ether oxygens (including phenoxy) is 3. The van der Waals surface area contributed by atoms with Crippen LogP contribution in [0.5, 0.6) is 0 Å². The number of allylic oxidation sites excluding steroid dienone is 20. The van der Waals surface area contributed by atoms with Gasteiger partial charge in [-0.05, 0) is 96.3 Å². The topological polar surface area (TPSA) is 78.9 Å². The van der Waals surface area contributed by atoms with Crippen molar-refractivity contribution in [3.05, 3.63) is 122 Å². The summed E-state index contributed by atoms with van der Waals surface area (Å²) in [5.74, 6) is -0.997. The van der Waals surface area contributed by atoms with Crippen LogP contribution in [0, 0.1) is 0 Å². The van der Waals surface area contributed by atoms with Gasteiger partial charge in [0, 0.05) is 19.3 Å². The molecule has 0 heterocycles. The molecule has 0 rings (SSSR count). The molecule has 77 heavy (non-hydrogen) atoms. The molecule has 0 aliphatic heterocycles. The van der Waals surface area contributed by atoms with Gasteiger partial charge in [0.05, 0.1) is 0 Å². The zero-order valence-electron chi connectivity index (χ0n) is 50.2. The molecule has 0 aliphatic rings. The van der Waals surface area contributed by atoms with Gasteiger partial charge < -0.3 is 14.2 Å². The molecule has 0 radical (unpaired) electrons. The first-order chi connectivity index (χ1) is 38.0. The summed E-state index contributed by atoms with van der Waals surface area (Å²) in [6.07, 6.45) is 89.3. The summed E-state index contributed by atoms with van der Waals surface area (Å²) in [5.41, 5.74) is 0. The van der Waals surface area contributed by atoms with Crippen LogP contribution >= 0.6 is 0 Å². The van der Waals surface area contributed by atoms with Crippen molar-refractivity contribution in [2.75, 3.05) is 13.2 Å². The Bertz CT molecular complexity index is 1600. The molecule has 0 aromatic heterocycles. The molecule has 6 heteroatoms. The highest BCUT2D eigenvalue weighted by atomic mass is 16.6. The summed E-state index contributed by atoms with van der Waals surface area (Å²) in [6, 6.07) is 0. The fraction of sp³-hybridized carbons (Fsp3) is 0.676. The monoisotopic (exact) mass is 1070 g/mol. The number of unbranched alkanes of at least 4 members (excludes halogenated alkanes) is 26. The smallest absolute Gasteiger partial charge is 0.306 e. The van der Waals surface area contributed by atoms with Gasteiger partial charge in [0.2, 0.25) is 0 Å². The summed E-state index contributed by atoms with van der Waals surface area (Å²) >= 11 is 0. The van der Waals surface area contributed by atoms with Crippen LogP contribution in [0.2, 0.25) is 0 Å². The summed E-state index contributed by atoms with van der Waals surface area (Å²) in [6.45, 7) is 6.37. The quantitative estimate of drug-likeness (QED) is 0.0261. The number of carbonyl (C=O) groups excluding carboxylic acids is 3. The predicted molar refractivity (Wildman–Crippen MR) is 334 cm³/mol. The normalized spacial score (nSPS) is 12.9. The predicted octanol–water partition coefficient (Wildman–Crippen LogP) is 22.0. The average molecular weight is 1070 g/mol. The Balaban J connectivity index is 4.49. The van der Waals surface area contributed by atoms with Gasteiger partial charge in [-0.3, -0.25) is 14.4 Å². The van der Waals surface area contributed by atoms with Crippen LogP contribution in [0.3, 0.4) is 0 Å². The van der Waals surface area contributed by atoms with Gasteiger partial charge >= 0.3 is 17.9 Å². The third-order valence-corrected chi connectivity index (χ3v) is 13.5. The lowest BCUT2D eigenvalue weighted by atomic mass is 10.0. The minimum Gasteiger partial charge on any atom is -0.462 e. The molecule has 1 unspecified atom stereocenters. The third kappa shape index (κ3) is 62.5. The lowest BCUT2D eigenvalue weighted by molar-refractivity contribution is -0.166. The number of hydrogen-bond acceptors (Lipinski definition) is 6. The molecule has 0 fully saturated rings. The van der Waals surface area contributed by atoms with Crippen molar-refractivity contribution in [1.82, 2.24) is 0 Å². The van der Waals surface area contributed by atoms with E-state index in [-0.39, 0.29) is 31.6 Å². The van der Waals surface area contributed by atoms with E-state index in [1.807, 2.05) is 6.08 Å². The molecule has 438 valence electrons. The standard InChI is InChI=1S/C71H118O6/c1-4-7-10-13-16-19-22-25-28-31-34-35-38-40-43-46-49-52-55-58-61-64-70(73)76-67-68(77-71(74)65-62-59-56-53-50-47-44-41-37-33-30-27-24-21-18-15-12-9-6-3)66-75-69(72)63-60-57-54-51-48-45-42-39-36-32-29-26-23-20-17-14-11-8-5-2/h7,9-10,12,16,18-19,21,25,27-28,30,34-35,37,41,47,50,56,59,68H,4-6,8,11,13-15,17,20,22-24,26,29,31-33,36,38-40,42-46,48-49,51-55,57-58,60-67H2,1-3H3/b10-7-,12-9-,19-16-,21-18-,28-25-,30-27-,35-34-,41-37-,50-47-,59-56-. The lowest BCUT2D eigenvalue weighted by Gasteiger charge is -2.18. The van der Waals surface area contributed by atoms with E-state index < -0.39 is 12.1 Å². The van der Waals surface area contributed by atoms with Gasteiger partial charge in [0.1, 0.15) is 13.2 Å². The van der Waals surface area contributed by atoms with Crippen molar-refractivity contribution in [2.24, 2.45) is 0 Å². The minimum absolute atomic E-state index is 0.111. The zero-order valence-corrected chi connectivity index (χ0v) is 50.2. The summed E-state index contributed by atoms with van der Waals surface area (Å²) < 4.78 is 16.9. The van der Waals surface area contributed by atoms with Crippen LogP contribution in [0.25, 0.3) is 0 Å². The van der Waals surface area contributed by atoms with E-state index in [1.54, 1.807) is 0 Å². The first kappa shape index (κ1) is 72.8. The highest BCUT2D eigenvalue weighted by molar-refractivity contribution is 5.71. The third-order valence-electron chi connectivity index (χ3n) is 13.5. The van der Waals surface area contributed by atoms with Crippen LogP contribution in [0.15, 0.2) is 122 Å². The molecule has 0 aliphatic carbocycles. The van der Waals surface area contributed by atoms with Crippen LogP contribution in [0.1, 0.15) is 290 Å². The number of esters is 3. The molecule has 0 aromatic rings. The van der Waals surface area contributed by atoms with Crippen LogP contribution in [-0.2, 0) is 28.6 Å². The molecular weight excluding hydrogens is 949 g/mol. The van der Waals surface area contributed by atoms with Crippen molar-refractivity contribution in [1.29, 1.82) is 0 Å². The second kappa shape index (κ2) is 64.3. The maximum atomic E-state index is 12.9. The van der Waals surface area contributed by atoms with Crippen LogP contribution in [0.4, 0.5) is 0 Å². The van der Waals surface area contributed by atoms with Gasteiger partial charge in [0.25, 0.3) is 0 Å². The zero-order chi connectivity index (χ0) is 55.7. The van der Waals surface area contributed by atoms with Gasteiger partial charge in [-0.2, -0.15) is 0 Å². The first-order valence-corrected chi connectivity index (χ1v) is 32.0. The Morgan fingerprint density at radius 3 is 0.844 bits per heavy atom. The summed E-state index contributed by atoms with van der Waals surface area (Å²) in [4.78, 5) is 38.3. The first-order valence-electron chi connectivity index (χ1n) is 32.0. The maximum Gasteiger partial charge on any atom is 0.306 e. The van der Waals surface area contributed by atoms with E-state index in [0.29, 0.717) is 19.3 Å². The molecule has 1 atom stereocenters. The number of rotatable bonds is 57. The van der Waals surface area contributed by atoms with Crippen LogP contribution in [-0.4, -0.2) is 37.2 Å². The van der Waals surface area contributed by atoms with E-state index >= 15 is 0 Å². The number of carbonyl (C=O) groups is 3. The van der Waals surface area contributed by atoms with Crippen LogP contribution < -0.4 is 0 Å². The van der Waals surface area contributed by atoms with E-state index in [9.17, 15) is 14.4 Å². The van der Waals surface area contributed by atoms with E-state index in [2.05, 4.69) is 136 Å². The molecule has 0 amide bonds. The van der Waals surface area contributed by atoms with Crippen molar-refractivity contribution < 1.29 is 28.6 Å². The van der Waals surface area contributed by atoms with Gasteiger partial charge in [-0.25, -0.2) is 0 Å². The molecule has 0 bridgehead atoms. The Morgan fingerprint density at radius 1 is 0.273 bits per heavy atom. The van der Waals surface area contributed by atoms with Crippen molar-refractivity contribution in [2.45, 2.75) is 297 Å².